The molecule has 0 fully saturated rings. The molecule has 0 amide bonds. The number of hydrogen-bond acceptors (Lipinski definition) is 2. The summed E-state index contributed by atoms with van der Waals surface area (Å²) < 4.78 is 0.945. The summed E-state index contributed by atoms with van der Waals surface area (Å²) in [7, 11) is 0. The molecular weight excluding hydrogens is 254 g/mol. The predicted molar refractivity (Wildman–Crippen MR) is 67.7 cm³/mol. The fraction of sp³-hybridized carbons (Fsp3) is 0.417. The van der Waals surface area contributed by atoms with Gasteiger partial charge in [0.05, 0.1) is 0 Å². The number of carbonyl (C=O) groups is 1. The smallest absolute Gasteiger partial charge is 0.152 e. The number of rotatable bonds is 5. The van der Waals surface area contributed by atoms with Crippen molar-refractivity contribution >= 4 is 27.9 Å². The molecule has 0 saturated heterocycles. The summed E-state index contributed by atoms with van der Waals surface area (Å²) in [6.45, 7) is 6.16. The minimum Gasteiger partial charge on any atom is -0.371 e. The second kappa shape index (κ2) is 5.91. The highest BCUT2D eigenvalue weighted by Gasteiger charge is 2.08. The molecule has 0 heterocycles. The lowest BCUT2D eigenvalue weighted by Crippen LogP contribution is -2.24. The third-order valence-electron chi connectivity index (χ3n) is 2.33. The molecule has 0 radical (unpaired) electrons. The molecule has 0 aromatic heterocycles. The molecule has 1 aromatic rings. The Kier molecular flexibility index (Phi) is 4.82. The van der Waals surface area contributed by atoms with Gasteiger partial charge < -0.3 is 4.90 Å². The van der Waals surface area contributed by atoms with Crippen LogP contribution in [0.4, 0.5) is 5.69 Å². The van der Waals surface area contributed by atoms with Crippen LogP contribution in [0.1, 0.15) is 30.6 Å². The lowest BCUT2D eigenvalue weighted by molar-refractivity contribution is 0.112. The van der Waals surface area contributed by atoms with E-state index in [1.54, 1.807) is 0 Å². The van der Waals surface area contributed by atoms with Gasteiger partial charge in [-0.3, -0.25) is 4.79 Å². The van der Waals surface area contributed by atoms with Gasteiger partial charge in [0, 0.05) is 28.8 Å². The van der Waals surface area contributed by atoms with E-state index in [0.717, 1.165) is 41.5 Å². The minimum atomic E-state index is 0.750. The summed E-state index contributed by atoms with van der Waals surface area (Å²) in [5.74, 6) is 0. The van der Waals surface area contributed by atoms with Crippen molar-refractivity contribution in [2.24, 2.45) is 0 Å². The molecule has 82 valence electrons. The van der Waals surface area contributed by atoms with Gasteiger partial charge >= 0.3 is 0 Å². The summed E-state index contributed by atoms with van der Waals surface area (Å²) in [6.07, 6.45) is 2.00. The Bertz CT molecular complexity index is 338. The Hall–Kier alpha value is -0.830. The molecule has 0 N–H and O–H groups in total. The minimum absolute atomic E-state index is 0.750. The van der Waals surface area contributed by atoms with Gasteiger partial charge in [0.25, 0.3) is 0 Å². The van der Waals surface area contributed by atoms with Crippen molar-refractivity contribution in [3.63, 3.8) is 0 Å². The average Bonchev–Trinajstić information content (AvgIpc) is 2.26. The Morgan fingerprint density at radius 3 is 2.67 bits per heavy atom. The van der Waals surface area contributed by atoms with Crippen molar-refractivity contribution in [3.8, 4) is 0 Å². The molecule has 0 saturated carbocycles. The van der Waals surface area contributed by atoms with E-state index in [0.29, 0.717) is 0 Å². The molecule has 2 nitrogen and oxygen atoms in total. The quantitative estimate of drug-likeness (QED) is 0.763. The lowest BCUT2D eigenvalue weighted by Gasteiger charge is -2.23. The highest BCUT2D eigenvalue weighted by atomic mass is 79.9. The Labute approximate surface area is 99.4 Å². The third kappa shape index (κ3) is 3.06. The van der Waals surface area contributed by atoms with Gasteiger partial charge in [-0.15, -0.1) is 0 Å². The van der Waals surface area contributed by atoms with Gasteiger partial charge in [0.15, 0.2) is 6.29 Å². The van der Waals surface area contributed by atoms with Gasteiger partial charge in [-0.05, 0) is 31.5 Å². The predicted octanol–water partition coefficient (Wildman–Crippen LogP) is 3.50. The molecule has 0 unspecified atom stereocenters. The van der Waals surface area contributed by atoms with E-state index >= 15 is 0 Å². The van der Waals surface area contributed by atoms with E-state index < -0.39 is 0 Å². The van der Waals surface area contributed by atoms with Crippen molar-refractivity contribution < 1.29 is 4.79 Å². The van der Waals surface area contributed by atoms with Crippen LogP contribution in [0.5, 0.6) is 0 Å². The zero-order chi connectivity index (χ0) is 11.3. The second-order valence-corrected chi connectivity index (χ2v) is 4.32. The monoisotopic (exact) mass is 269 g/mol. The van der Waals surface area contributed by atoms with Crippen LogP contribution in [0, 0.1) is 0 Å². The molecule has 15 heavy (non-hydrogen) atoms. The highest BCUT2D eigenvalue weighted by molar-refractivity contribution is 9.10. The van der Waals surface area contributed by atoms with Crippen LogP contribution >= 0.6 is 15.9 Å². The third-order valence-corrected chi connectivity index (χ3v) is 2.83. The van der Waals surface area contributed by atoms with Gasteiger partial charge in [-0.1, -0.05) is 22.9 Å². The fourth-order valence-corrected chi connectivity index (χ4v) is 2.01. The summed E-state index contributed by atoms with van der Waals surface area (Å²) in [5, 5.41) is 0. The molecule has 1 aromatic carbocycles. The zero-order valence-electron chi connectivity index (χ0n) is 9.16. The number of nitrogens with zero attached hydrogens (tertiary/aromatic N) is 1. The van der Waals surface area contributed by atoms with E-state index in [9.17, 15) is 4.79 Å². The van der Waals surface area contributed by atoms with Crippen molar-refractivity contribution in [2.75, 3.05) is 18.0 Å². The summed E-state index contributed by atoms with van der Waals surface area (Å²) in [5.41, 5.74) is 1.78. The molecular formula is C12H16BrNO. The van der Waals surface area contributed by atoms with Crippen LogP contribution in [0.25, 0.3) is 0 Å². The topological polar surface area (TPSA) is 20.3 Å². The first-order valence-electron chi connectivity index (χ1n) is 5.22. The SMILES string of the molecule is CCCN(CC)c1ccc(Br)cc1C=O. The first kappa shape index (κ1) is 12.2. The molecule has 0 bridgehead atoms. The van der Waals surface area contributed by atoms with Crippen LogP contribution in [0.15, 0.2) is 22.7 Å². The van der Waals surface area contributed by atoms with Crippen LogP contribution in [-0.2, 0) is 0 Å². The first-order valence-corrected chi connectivity index (χ1v) is 6.01. The highest BCUT2D eigenvalue weighted by Crippen LogP contribution is 2.23. The van der Waals surface area contributed by atoms with Gasteiger partial charge in [0.1, 0.15) is 0 Å². The maximum Gasteiger partial charge on any atom is 0.152 e. The first-order chi connectivity index (χ1) is 7.22. The van der Waals surface area contributed by atoms with Crippen molar-refractivity contribution in [2.45, 2.75) is 20.3 Å². The maximum absolute atomic E-state index is 11.0. The summed E-state index contributed by atoms with van der Waals surface area (Å²) in [4.78, 5) is 13.2. The molecule has 0 aliphatic carbocycles. The molecule has 0 aliphatic rings. The largest absolute Gasteiger partial charge is 0.371 e. The lowest BCUT2D eigenvalue weighted by atomic mass is 10.1. The second-order valence-electron chi connectivity index (χ2n) is 3.40. The van der Waals surface area contributed by atoms with Crippen LogP contribution in [-0.4, -0.2) is 19.4 Å². The fourth-order valence-electron chi connectivity index (χ4n) is 1.63. The number of hydrogen-bond donors (Lipinski definition) is 0. The van der Waals surface area contributed by atoms with Crippen molar-refractivity contribution in [3.05, 3.63) is 28.2 Å². The number of aldehydes is 1. The summed E-state index contributed by atoms with van der Waals surface area (Å²) in [6, 6.07) is 5.83. The zero-order valence-corrected chi connectivity index (χ0v) is 10.8. The molecule has 0 aliphatic heterocycles. The molecule has 0 spiro atoms. The normalized spacial score (nSPS) is 10.1. The summed E-state index contributed by atoms with van der Waals surface area (Å²) >= 11 is 3.37. The molecule has 1 rings (SSSR count). The maximum atomic E-state index is 11.0. The number of anilines is 1. The van der Waals surface area contributed by atoms with Gasteiger partial charge in [0.2, 0.25) is 0 Å². The Morgan fingerprint density at radius 1 is 1.40 bits per heavy atom. The van der Waals surface area contributed by atoms with E-state index in [-0.39, 0.29) is 0 Å². The van der Waals surface area contributed by atoms with E-state index in [1.165, 1.54) is 0 Å². The van der Waals surface area contributed by atoms with E-state index in [4.69, 9.17) is 0 Å². The number of halogens is 1. The van der Waals surface area contributed by atoms with Crippen LogP contribution in [0.3, 0.4) is 0 Å². The average molecular weight is 270 g/mol. The van der Waals surface area contributed by atoms with E-state index in [1.807, 2.05) is 18.2 Å². The molecule has 0 atom stereocenters. The van der Waals surface area contributed by atoms with Crippen LogP contribution < -0.4 is 4.90 Å². The number of benzene rings is 1. The van der Waals surface area contributed by atoms with Gasteiger partial charge in [-0.2, -0.15) is 0 Å². The number of carbonyl (C=O) groups excluding carboxylic acids is 1. The van der Waals surface area contributed by atoms with Gasteiger partial charge in [-0.25, -0.2) is 0 Å². The Balaban J connectivity index is 3.04. The van der Waals surface area contributed by atoms with E-state index in [2.05, 4.69) is 34.7 Å². The molecule has 3 heteroatoms. The standard InChI is InChI=1S/C12H16BrNO/c1-3-7-14(4-2)12-6-5-11(13)8-10(12)9-15/h5-6,8-9H,3-4,7H2,1-2H3. The van der Waals surface area contributed by atoms with Crippen LogP contribution in [0.2, 0.25) is 0 Å². The van der Waals surface area contributed by atoms with Crippen molar-refractivity contribution in [1.82, 2.24) is 0 Å². The Morgan fingerprint density at radius 2 is 2.13 bits per heavy atom. The van der Waals surface area contributed by atoms with Crippen molar-refractivity contribution in [1.29, 1.82) is 0 Å².